The number of rotatable bonds is 6. The van der Waals surface area contributed by atoms with Crippen LogP contribution in [-0.2, 0) is 14.8 Å². The van der Waals surface area contributed by atoms with Crippen molar-refractivity contribution in [1.82, 2.24) is 4.31 Å². The van der Waals surface area contributed by atoms with Crippen LogP contribution in [0.3, 0.4) is 0 Å². The molecular formula is C12H16N2O6S. The fourth-order valence-electron chi connectivity index (χ4n) is 1.88. The molecule has 1 aromatic carbocycles. The molecule has 8 nitrogen and oxygen atoms in total. The van der Waals surface area contributed by atoms with Crippen LogP contribution in [0.4, 0.5) is 5.69 Å². The summed E-state index contributed by atoms with van der Waals surface area (Å²) in [5.41, 5.74) is -0.514. The Morgan fingerprint density at radius 3 is 2.38 bits per heavy atom. The maximum Gasteiger partial charge on any atom is 0.311 e. The summed E-state index contributed by atoms with van der Waals surface area (Å²) in [5, 5.41) is 20.2. The molecule has 116 valence electrons. The average molecular weight is 316 g/mol. The summed E-state index contributed by atoms with van der Waals surface area (Å²) in [6.07, 6.45) is 0.163. The van der Waals surface area contributed by atoms with Gasteiger partial charge >= 0.3 is 5.97 Å². The molecule has 0 radical (unpaired) electrons. The van der Waals surface area contributed by atoms with E-state index in [9.17, 15) is 23.3 Å². The maximum atomic E-state index is 12.0. The van der Waals surface area contributed by atoms with Crippen LogP contribution < -0.4 is 0 Å². The fraction of sp³-hybridized carbons (Fsp3) is 0.417. The molecular weight excluding hydrogens is 300 g/mol. The molecule has 0 spiro atoms. The summed E-state index contributed by atoms with van der Waals surface area (Å²) in [6.45, 7) is 1.59. The number of carboxylic acid groups (broad SMARTS) is 1. The second kappa shape index (κ2) is 6.19. The highest BCUT2D eigenvalue weighted by Crippen LogP contribution is 2.31. The number of nitro groups is 1. The Kier molecular flexibility index (Phi) is 5.02. The van der Waals surface area contributed by atoms with Crippen molar-refractivity contribution in [3.8, 4) is 0 Å². The van der Waals surface area contributed by atoms with Crippen molar-refractivity contribution < 1.29 is 23.2 Å². The van der Waals surface area contributed by atoms with Crippen molar-refractivity contribution >= 4 is 21.7 Å². The van der Waals surface area contributed by atoms with Crippen LogP contribution in [0.1, 0.15) is 24.8 Å². The molecule has 1 aromatic rings. The smallest absolute Gasteiger partial charge is 0.311 e. The van der Waals surface area contributed by atoms with Crippen LogP contribution in [0.15, 0.2) is 23.1 Å². The first kappa shape index (κ1) is 17.1. The summed E-state index contributed by atoms with van der Waals surface area (Å²) in [7, 11) is -1.21. The third-order valence-electron chi connectivity index (χ3n) is 3.06. The van der Waals surface area contributed by atoms with E-state index in [1.807, 2.05) is 0 Å². The number of nitro benzene ring substituents is 1. The number of hydrogen-bond acceptors (Lipinski definition) is 5. The highest BCUT2D eigenvalue weighted by Gasteiger charge is 2.29. The molecule has 0 aliphatic heterocycles. The first-order valence-electron chi connectivity index (χ1n) is 6.06. The quantitative estimate of drug-likeness (QED) is 0.626. The zero-order valence-corrected chi connectivity index (χ0v) is 12.6. The summed E-state index contributed by atoms with van der Waals surface area (Å²) < 4.78 is 24.9. The van der Waals surface area contributed by atoms with Gasteiger partial charge in [0.1, 0.15) is 0 Å². The first-order valence-corrected chi connectivity index (χ1v) is 7.50. The van der Waals surface area contributed by atoms with Gasteiger partial charge in [-0.1, -0.05) is 6.92 Å². The van der Waals surface area contributed by atoms with Gasteiger partial charge in [-0.05, 0) is 18.6 Å². The van der Waals surface area contributed by atoms with E-state index in [0.717, 1.165) is 10.4 Å². The van der Waals surface area contributed by atoms with Gasteiger partial charge in [-0.25, -0.2) is 12.7 Å². The van der Waals surface area contributed by atoms with Gasteiger partial charge in [0.05, 0.1) is 15.7 Å². The molecule has 1 atom stereocenters. The maximum absolute atomic E-state index is 12.0. The fourth-order valence-corrected chi connectivity index (χ4v) is 2.80. The Morgan fingerprint density at radius 1 is 1.43 bits per heavy atom. The van der Waals surface area contributed by atoms with E-state index in [4.69, 9.17) is 5.11 Å². The van der Waals surface area contributed by atoms with Gasteiger partial charge in [0, 0.05) is 25.7 Å². The minimum Gasteiger partial charge on any atom is -0.481 e. The molecule has 1 unspecified atom stereocenters. The standard InChI is InChI=1S/C12H16N2O6S/c1-4-9(12(15)16)10-6-5-8(7-11(10)14(17)18)21(19,20)13(2)3/h5-7,9H,4H2,1-3H3,(H,15,16). The minimum atomic E-state index is -3.82. The molecule has 1 N–H and O–H groups in total. The van der Waals surface area contributed by atoms with E-state index in [1.165, 1.54) is 26.2 Å². The van der Waals surface area contributed by atoms with Gasteiger partial charge in [0.2, 0.25) is 10.0 Å². The van der Waals surface area contributed by atoms with Crippen LogP contribution in [0.2, 0.25) is 0 Å². The number of carboxylic acids is 1. The number of carbonyl (C=O) groups is 1. The molecule has 1 rings (SSSR count). The SMILES string of the molecule is CCC(C(=O)O)c1ccc(S(=O)(=O)N(C)C)cc1[N+](=O)[O-]. The van der Waals surface area contributed by atoms with Gasteiger partial charge in [0.15, 0.2) is 0 Å². The van der Waals surface area contributed by atoms with E-state index in [-0.39, 0.29) is 16.9 Å². The number of hydrogen-bond donors (Lipinski definition) is 1. The Hall–Kier alpha value is -2.00. The average Bonchev–Trinajstić information content (AvgIpc) is 2.38. The third kappa shape index (κ3) is 3.37. The predicted octanol–water partition coefficient (Wildman–Crippen LogP) is 1.42. The van der Waals surface area contributed by atoms with E-state index >= 15 is 0 Å². The topological polar surface area (TPSA) is 118 Å². The lowest BCUT2D eigenvalue weighted by molar-refractivity contribution is -0.385. The number of aliphatic carboxylic acids is 1. The Labute approximate surface area is 122 Å². The molecule has 0 heterocycles. The summed E-state index contributed by atoms with van der Waals surface area (Å²) >= 11 is 0. The largest absolute Gasteiger partial charge is 0.481 e. The number of benzene rings is 1. The van der Waals surface area contributed by atoms with Gasteiger partial charge in [-0.2, -0.15) is 0 Å². The van der Waals surface area contributed by atoms with Crippen LogP contribution in [0.5, 0.6) is 0 Å². The normalized spacial score (nSPS) is 13.1. The third-order valence-corrected chi connectivity index (χ3v) is 4.87. The van der Waals surface area contributed by atoms with Crippen molar-refractivity contribution in [2.75, 3.05) is 14.1 Å². The molecule has 0 fully saturated rings. The highest BCUT2D eigenvalue weighted by atomic mass is 32.2. The van der Waals surface area contributed by atoms with Crippen molar-refractivity contribution in [3.05, 3.63) is 33.9 Å². The molecule has 0 aliphatic carbocycles. The van der Waals surface area contributed by atoms with Crippen LogP contribution >= 0.6 is 0 Å². The molecule has 0 aliphatic rings. The summed E-state index contributed by atoms with van der Waals surface area (Å²) in [5.74, 6) is -2.25. The molecule has 21 heavy (non-hydrogen) atoms. The van der Waals surface area contributed by atoms with Gasteiger partial charge in [-0.3, -0.25) is 14.9 Å². The molecule has 0 aromatic heterocycles. The lowest BCUT2D eigenvalue weighted by Crippen LogP contribution is -2.22. The molecule has 0 amide bonds. The monoisotopic (exact) mass is 316 g/mol. The molecule has 0 bridgehead atoms. The number of nitrogens with zero attached hydrogens (tertiary/aromatic N) is 2. The lowest BCUT2D eigenvalue weighted by Gasteiger charge is -2.14. The van der Waals surface area contributed by atoms with E-state index < -0.39 is 32.5 Å². The van der Waals surface area contributed by atoms with Crippen LogP contribution in [-0.4, -0.2) is 42.8 Å². The van der Waals surface area contributed by atoms with Crippen molar-refractivity contribution in [2.24, 2.45) is 0 Å². The van der Waals surface area contributed by atoms with E-state index in [0.29, 0.717) is 0 Å². The van der Waals surface area contributed by atoms with Crippen LogP contribution in [0.25, 0.3) is 0 Å². The Morgan fingerprint density at radius 2 is 2.00 bits per heavy atom. The zero-order valence-electron chi connectivity index (χ0n) is 11.8. The van der Waals surface area contributed by atoms with Crippen molar-refractivity contribution in [3.63, 3.8) is 0 Å². The minimum absolute atomic E-state index is 0.00675. The number of sulfonamides is 1. The van der Waals surface area contributed by atoms with E-state index in [1.54, 1.807) is 6.92 Å². The van der Waals surface area contributed by atoms with Gasteiger partial charge < -0.3 is 5.11 Å². The molecule has 9 heteroatoms. The van der Waals surface area contributed by atoms with Crippen LogP contribution in [0, 0.1) is 10.1 Å². The van der Waals surface area contributed by atoms with Gasteiger partial charge in [0.25, 0.3) is 5.69 Å². The Balaban J connectivity index is 3.53. The van der Waals surface area contributed by atoms with Gasteiger partial charge in [-0.15, -0.1) is 0 Å². The van der Waals surface area contributed by atoms with E-state index in [2.05, 4.69) is 0 Å². The predicted molar refractivity (Wildman–Crippen MR) is 74.6 cm³/mol. The summed E-state index contributed by atoms with van der Waals surface area (Å²) in [4.78, 5) is 21.2. The van der Waals surface area contributed by atoms with Crippen molar-refractivity contribution in [2.45, 2.75) is 24.2 Å². The first-order chi connectivity index (χ1) is 9.62. The second-order valence-electron chi connectivity index (χ2n) is 4.56. The zero-order chi connectivity index (χ0) is 16.4. The second-order valence-corrected chi connectivity index (χ2v) is 6.72. The van der Waals surface area contributed by atoms with Crippen molar-refractivity contribution in [1.29, 1.82) is 0 Å². The summed E-state index contributed by atoms with van der Waals surface area (Å²) in [6, 6.07) is 3.27. The lowest BCUT2D eigenvalue weighted by atomic mass is 9.95. The Bertz CT molecular complexity index is 668. The molecule has 0 saturated heterocycles. The molecule has 0 saturated carbocycles. The highest BCUT2D eigenvalue weighted by molar-refractivity contribution is 7.89.